The molecule has 1 aliphatic rings. The molecule has 1 aliphatic heterocycles. The van der Waals surface area contributed by atoms with Crippen LogP contribution < -0.4 is 14.8 Å². The summed E-state index contributed by atoms with van der Waals surface area (Å²) in [5, 5.41) is 3.44. The van der Waals surface area contributed by atoms with Crippen molar-refractivity contribution in [2.24, 2.45) is 0 Å². The van der Waals surface area contributed by atoms with Gasteiger partial charge < -0.3 is 23.9 Å². The number of ether oxygens (including phenoxy) is 3. The Hall–Kier alpha value is -3.47. The molecule has 198 valence electrons. The number of nitrogens with one attached hydrogen (secondary N) is 1. The Balaban J connectivity index is 1.53. The maximum absolute atomic E-state index is 13.0. The van der Waals surface area contributed by atoms with Gasteiger partial charge in [0.1, 0.15) is 18.1 Å². The Morgan fingerprint density at radius 3 is 2.55 bits per heavy atom. The number of imide groups is 1. The summed E-state index contributed by atoms with van der Waals surface area (Å²) in [5.74, 6) is -0.0847. The Morgan fingerprint density at radius 2 is 1.84 bits per heavy atom. The van der Waals surface area contributed by atoms with Crippen LogP contribution in [0.15, 0.2) is 57.1 Å². The van der Waals surface area contributed by atoms with Crippen molar-refractivity contribution in [2.75, 3.05) is 13.7 Å². The molecule has 4 rings (SSSR count). The van der Waals surface area contributed by atoms with Crippen molar-refractivity contribution in [1.82, 2.24) is 10.2 Å². The van der Waals surface area contributed by atoms with Crippen LogP contribution in [-0.2, 0) is 22.7 Å². The largest absolute Gasteiger partial charge is 0.490 e. The number of halogens is 3. The van der Waals surface area contributed by atoms with E-state index in [1.165, 1.54) is 25.3 Å². The van der Waals surface area contributed by atoms with Crippen LogP contribution in [0, 0.1) is 0 Å². The summed E-state index contributed by atoms with van der Waals surface area (Å²) in [6, 6.07) is 10.9. The normalized spacial score (nSPS) is 14.1. The highest BCUT2D eigenvalue weighted by Crippen LogP contribution is 2.36. The number of esters is 1. The highest BCUT2D eigenvalue weighted by Gasteiger charge is 2.34. The Bertz CT molecular complexity index is 1440. The van der Waals surface area contributed by atoms with Crippen molar-refractivity contribution >= 4 is 63.1 Å². The highest BCUT2D eigenvalue weighted by atomic mass is 79.9. The Labute approximate surface area is 236 Å². The van der Waals surface area contributed by atoms with Gasteiger partial charge >= 0.3 is 12.0 Å². The molecule has 2 aromatic carbocycles. The number of furan rings is 1. The van der Waals surface area contributed by atoms with Crippen LogP contribution in [0.4, 0.5) is 4.79 Å². The van der Waals surface area contributed by atoms with Crippen LogP contribution >= 0.6 is 39.1 Å². The summed E-state index contributed by atoms with van der Waals surface area (Å²) in [6.45, 7) is 2.27. The minimum Gasteiger partial charge on any atom is -0.490 e. The van der Waals surface area contributed by atoms with Gasteiger partial charge in [0.25, 0.3) is 5.91 Å². The van der Waals surface area contributed by atoms with Crippen molar-refractivity contribution in [1.29, 1.82) is 0 Å². The fourth-order valence-electron chi connectivity index (χ4n) is 3.53. The molecular weight excluding hydrogens is 603 g/mol. The number of amides is 3. The number of hydrogen-bond donors (Lipinski definition) is 1. The molecular formula is C26H21BrCl2N2O7. The predicted molar refractivity (Wildman–Crippen MR) is 143 cm³/mol. The molecule has 2 heterocycles. The van der Waals surface area contributed by atoms with Gasteiger partial charge in [-0.1, -0.05) is 45.2 Å². The molecule has 1 N–H and O–H groups in total. The molecule has 0 unspecified atom stereocenters. The summed E-state index contributed by atoms with van der Waals surface area (Å²) in [7, 11) is 1.22. The van der Waals surface area contributed by atoms with Gasteiger partial charge in [-0.05, 0) is 60.5 Å². The van der Waals surface area contributed by atoms with E-state index in [0.717, 1.165) is 10.5 Å². The highest BCUT2D eigenvalue weighted by molar-refractivity contribution is 9.10. The summed E-state index contributed by atoms with van der Waals surface area (Å²) >= 11 is 15.6. The van der Waals surface area contributed by atoms with Crippen LogP contribution in [0.1, 0.15) is 34.4 Å². The first-order chi connectivity index (χ1) is 18.2. The lowest BCUT2D eigenvalue weighted by atomic mass is 10.1. The van der Waals surface area contributed by atoms with Gasteiger partial charge in [-0.2, -0.15) is 0 Å². The average molecular weight is 624 g/mol. The molecule has 0 saturated carbocycles. The molecule has 1 fully saturated rings. The second-order valence-corrected chi connectivity index (χ2v) is 9.60. The van der Waals surface area contributed by atoms with E-state index in [9.17, 15) is 14.4 Å². The van der Waals surface area contributed by atoms with Gasteiger partial charge in [-0.3, -0.25) is 9.69 Å². The van der Waals surface area contributed by atoms with Crippen LogP contribution in [0.2, 0.25) is 10.0 Å². The zero-order chi connectivity index (χ0) is 27.4. The maximum Gasteiger partial charge on any atom is 0.373 e. The lowest BCUT2D eigenvalue weighted by Crippen LogP contribution is -2.30. The molecule has 0 atom stereocenters. The van der Waals surface area contributed by atoms with E-state index in [1.54, 1.807) is 24.3 Å². The van der Waals surface area contributed by atoms with E-state index in [1.807, 2.05) is 13.0 Å². The third-order valence-electron chi connectivity index (χ3n) is 5.37. The van der Waals surface area contributed by atoms with Crippen molar-refractivity contribution < 1.29 is 33.0 Å². The number of carbonyl (C=O) groups is 3. The average Bonchev–Trinajstić information content (AvgIpc) is 3.47. The van der Waals surface area contributed by atoms with Gasteiger partial charge in [-0.15, -0.1) is 0 Å². The fourth-order valence-corrected chi connectivity index (χ4v) is 4.29. The molecule has 0 spiro atoms. The van der Waals surface area contributed by atoms with E-state index < -0.39 is 17.9 Å². The lowest BCUT2D eigenvalue weighted by Gasteiger charge is -2.14. The lowest BCUT2D eigenvalue weighted by molar-refractivity contribution is -0.123. The number of benzene rings is 2. The number of hydrogen-bond acceptors (Lipinski definition) is 7. The van der Waals surface area contributed by atoms with Gasteiger partial charge in [0.05, 0.1) is 30.3 Å². The first-order valence-electron chi connectivity index (χ1n) is 11.2. The first-order valence-corrected chi connectivity index (χ1v) is 12.8. The molecule has 0 radical (unpaired) electrons. The van der Waals surface area contributed by atoms with Gasteiger partial charge in [-0.25, -0.2) is 9.59 Å². The summed E-state index contributed by atoms with van der Waals surface area (Å²) < 4.78 is 22.3. The van der Waals surface area contributed by atoms with Crippen molar-refractivity contribution in [3.8, 4) is 11.5 Å². The molecule has 9 nitrogen and oxygen atoms in total. The second-order valence-electron chi connectivity index (χ2n) is 7.93. The topological polar surface area (TPSA) is 107 Å². The Morgan fingerprint density at radius 1 is 1.08 bits per heavy atom. The molecule has 3 amide bonds. The van der Waals surface area contributed by atoms with E-state index in [2.05, 4.69) is 26.0 Å². The third kappa shape index (κ3) is 6.15. The maximum atomic E-state index is 13.0. The summed E-state index contributed by atoms with van der Waals surface area (Å²) in [6.07, 6.45) is 1.53. The SMILES string of the molecule is CCOc1cc(/C=C2\NC(=O)N(Cc3ccc(C(=O)OC)o3)C2=O)c(Br)cc1OCc1ccc(Cl)c(Cl)c1. The quantitative estimate of drug-likeness (QED) is 0.172. The van der Waals surface area contributed by atoms with E-state index in [-0.39, 0.29) is 30.4 Å². The van der Waals surface area contributed by atoms with E-state index >= 15 is 0 Å². The fraction of sp³-hybridized carbons (Fsp3) is 0.192. The van der Waals surface area contributed by atoms with Crippen LogP contribution in [0.25, 0.3) is 6.08 Å². The standard InChI is InChI=1S/C26H21BrCl2N2O7/c1-3-36-22-10-15(17(27)11-23(22)37-13-14-4-6-18(28)19(29)8-14)9-20-24(32)31(26(34)30-20)12-16-5-7-21(38-16)25(33)35-2/h4-11H,3,12-13H2,1-2H3,(H,30,34)/b20-9-. The molecule has 1 aromatic heterocycles. The molecule has 0 bridgehead atoms. The Kier molecular flexibility index (Phi) is 8.65. The monoisotopic (exact) mass is 622 g/mol. The van der Waals surface area contributed by atoms with E-state index in [0.29, 0.717) is 38.2 Å². The smallest absolute Gasteiger partial charge is 0.373 e. The second kappa shape index (κ2) is 11.9. The molecule has 38 heavy (non-hydrogen) atoms. The van der Waals surface area contributed by atoms with Crippen LogP contribution in [0.5, 0.6) is 11.5 Å². The first kappa shape index (κ1) is 27.6. The van der Waals surface area contributed by atoms with Gasteiger partial charge in [0.15, 0.2) is 11.5 Å². The van der Waals surface area contributed by atoms with Crippen molar-refractivity contribution in [2.45, 2.75) is 20.1 Å². The molecule has 3 aromatic rings. The summed E-state index contributed by atoms with van der Waals surface area (Å²) in [5.41, 5.74) is 1.45. The zero-order valence-electron chi connectivity index (χ0n) is 20.2. The molecule has 1 saturated heterocycles. The number of rotatable bonds is 9. The van der Waals surface area contributed by atoms with Crippen LogP contribution in [0.3, 0.4) is 0 Å². The number of carbonyl (C=O) groups excluding carboxylic acids is 3. The minimum absolute atomic E-state index is 0.0285. The van der Waals surface area contributed by atoms with Crippen molar-refractivity contribution in [3.05, 3.63) is 85.3 Å². The number of urea groups is 1. The zero-order valence-corrected chi connectivity index (χ0v) is 23.3. The van der Waals surface area contributed by atoms with Crippen LogP contribution in [-0.4, -0.2) is 36.5 Å². The third-order valence-corrected chi connectivity index (χ3v) is 6.79. The molecule has 0 aliphatic carbocycles. The molecule has 12 heteroatoms. The number of methoxy groups -OCH3 is 1. The van der Waals surface area contributed by atoms with Gasteiger partial charge in [0.2, 0.25) is 5.76 Å². The number of nitrogens with zero attached hydrogens (tertiary/aromatic N) is 1. The summed E-state index contributed by atoms with van der Waals surface area (Å²) in [4.78, 5) is 38.0. The minimum atomic E-state index is -0.659. The van der Waals surface area contributed by atoms with Crippen molar-refractivity contribution in [3.63, 3.8) is 0 Å². The van der Waals surface area contributed by atoms with Gasteiger partial charge in [0, 0.05) is 4.47 Å². The predicted octanol–water partition coefficient (Wildman–Crippen LogP) is 6.21. The van der Waals surface area contributed by atoms with E-state index in [4.69, 9.17) is 37.1 Å².